The van der Waals surface area contributed by atoms with Gasteiger partial charge in [-0.2, -0.15) is 0 Å². The van der Waals surface area contributed by atoms with Gasteiger partial charge < -0.3 is 9.47 Å². The van der Waals surface area contributed by atoms with Gasteiger partial charge in [0, 0.05) is 36.2 Å². The van der Waals surface area contributed by atoms with Gasteiger partial charge in [0.25, 0.3) is 5.91 Å². The molecule has 1 unspecified atom stereocenters. The summed E-state index contributed by atoms with van der Waals surface area (Å²) in [6, 6.07) is 12.2. The largest absolute Gasteiger partial charge is 0.336 e. The van der Waals surface area contributed by atoms with Gasteiger partial charge in [-0.05, 0) is 56.2 Å². The fourth-order valence-corrected chi connectivity index (χ4v) is 2.68. The van der Waals surface area contributed by atoms with E-state index in [1.807, 2.05) is 58.3 Å². The number of hydrogen-bond donors (Lipinski definition) is 0. The van der Waals surface area contributed by atoms with Crippen molar-refractivity contribution in [2.24, 2.45) is 0 Å². The van der Waals surface area contributed by atoms with Crippen molar-refractivity contribution in [1.29, 1.82) is 0 Å². The molecule has 2 aromatic rings. The van der Waals surface area contributed by atoms with E-state index in [2.05, 4.69) is 6.92 Å². The number of aromatic nitrogens is 1. The Morgan fingerprint density at radius 2 is 1.84 bits per heavy atom. The zero-order valence-electron chi connectivity index (χ0n) is 11.1. The molecule has 1 saturated heterocycles. The zero-order chi connectivity index (χ0) is 13.2. The Balaban J connectivity index is 1.81. The monoisotopic (exact) mass is 254 g/mol. The summed E-state index contributed by atoms with van der Waals surface area (Å²) in [7, 11) is 0. The lowest BCUT2D eigenvalue weighted by Gasteiger charge is -2.21. The number of carbonyl (C=O) groups excluding carboxylic acids is 1. The van der Waals surface area contributed by atoms with Crippen LogP contribution in [-0.4, -0.2) is 28.0 Å². The van der Waals surface area contributed by atoms with Gasteiger partial charge in [0.2, 0.25) is 0 Å². The van der Waals surface area contributed by atoms with Gasteiger partial charge in [-0.3, -0.25) is 4.79 Å². The Hall–Kier alpha value is -2.03. The van der Waals surface area contributed by atoms with Crippen LogP contribution in [0.15, 0.2) is 48.8 Å². The third kappa shape index (κ3) is 2.28. The van der Waals surface area contributed by atoms with Crippen LogP contribution < -0.4 is 0 Å². The minimum Gasteiger partial charge on any atom is -0.336 e. The first-order valence-electron chi connectivity index (χ1n) is 6.80. The summed E-state index contributed by atoms with van der Waals surface area (Å²) in [6.45, 7) is 3.01. The molecule has 1 fully saturated rings. The minimum absolute atomic E-state index is 0.157. The highest BCUT2D eigenvalue weighted by molar-refractivity contribution is 5.94. The molecule has 3 rings (SSSR count). The lowest BCUT2D eigenvalue weighted by molar-refractivity contribution is 0.0747. The van der Waals surface area contributed by atoms with E-state index in [-0.39, 0.29) is 5.91 Å². The summed E-state index contributed by atoms with van der Waals surface area (Å²) in [5.41, 5.74) is 1.86. The standard InChI is InChI=1S/C16H18N2O/c1-13-5-4-12-18(13)16(19)14-6-8-15(9-7-14)17-10-2-3-11-17/h2-3,6-11,13H,4-5,12H2,1H3. The molecule has 0 spiro atoms. The van der Waals surface area contributed by atoms with Crippen molar-refractivity contribution in [3.8, 4) is 5.69 Å². The number of amides is 1. The van der Waals surface area contributed by atoms with E-state index in [9.17, 15) is 4.79 Å². The second kappa shape index (κ2) is 4.92. The first kappa shape index (κ1) is 12.0. The molecule has 0 N–H and O–H groups in total. The average Bonchev–Trinajstić information content (AvgIpc) is 3.09. The summed E-state index contributed by atoms with van der Waals surface area (Å²) in [5, 5.41) is 0. The number of likely N-dealkylation sites (tertiary alicyclic amines) is 1. The highest BCUT2D eigenvalue weighted by Crippen LogP contribution is 2.20. The maximum atomic E-state index is 12.4. The average molecular weight is 254 g/mol. The minimum atomic E-state index is 0.157. The normalized spacial score (nSPS) is 18.8. The topological polar surface area (TPSA) is 25.2 Å². The van der Waals surface area contributed by atoms with Crippen molar-refractivity contribution in [3.05, 3.63) is 54.4 Å². The number of carbonyl (C=O) groups is 1. The third-order valence-electron chi connectivity index (χ3n) is 3.83. The van der Waals surface area contributed by atoms with Crippen LogP contribution in [0.25, 0.3) is 5.69 Å². The number of nitrogens with zero attached hydrogens (tertiary/aromatic N) is 2. The van der Waals surface area contributed by atoms with Crippen molar-refractivity contribution in [3.63, 3.8) is 0 Å². The van der Waals surface area contributed by atoms with Crippen LogP contribution in [0.4, 0.5) is 0 Å². The Morgan fingerprint density at radius 3 is 2.42 bits per heavy atom. The SMILES string of the molecule is CC1CCCN1C(=O)c1ccc(-n2cccc2)cc1. The molecule has 0 bridgehead atoms. The molecule has 1 aromatic heterocycles. The Morgan fingerprint density at radius 1 is 1.16 bits per heavy atom. The van der Waals surface area contributed by atoms with E-state index in [1.54, 1.807) is 0 Å². The molecule has 1 amide bonds. The van der Waals surface area contributed by atoms with Crippen LogP contribution in [0.2, 0.25) is 0 Å². The smallest absolute Gasteiger partial charge is 0.254 e. The molecule has 1 aliphatic heterocycles. The molecule has 0 radical (unpaired) electrons. The van der Waals surface area contributed by atoms with Crippen molar-refractivity contribution in [1.82, 2.24) is 9.47 Å². The first-order chi connectivity index (χ1) is 9.25. The lowest BCUT2D eigenvalue weighted by Crippen LogP contribution is -2.33. The van der Waals surface area contributed by atoms with Crippen molar-refractivity contribution < 1.29 is 4.79 Å². The van der Waals surface area contributed by atoms with Crippen molar-refractivity contribution >= 4 is 5.91 Å². The van der Waals surface area contributed by atoms with E-state index >= 15 is 0 Å². The van der Waals surface area contributed by atoms with Crippen LogP contribution in [0.3, 0.4) is 0 Å². The lowest BCUT2D eigenvalue weighted by atomic mass is 10.1. The highest BCUT2D eigenvalue weighted by atomic mass is 16.2. The van der Waals surface area contributed by atoms with E-state index in [4.69, 9.17) is 0 Å². The molecule has 0 aliphatic carbocycles. The molecule has 1 atom stereocenters. The van der Waals surface area contributed by atoms with Crippen LogP contribution in [0.5, 0.6) is 0 Å². The summed E-state index contributed by atoms with van der Waals surface area (Å²) in [6.07, 6.45) is 6.24. The number of benzene rings is 1. The maximum Gasteiger partial charge on any atom is 0.254 e. The number of rotatable bonds is 2. The van der Waals surface area contributed by atoms with Gasteiger partial charge in [0.1, 0.15) is 0 Å². The van der Waals surface area contributed by atoms with Crippen molar-refractivity contribution in [2.75, 3.05) is 6.54 Å². The molecule has 3 heteroatoms. The molecule has 0 saturated carbocycles. The van der Waals surface area contributed by atoms with Gasteiger partial charge in [-0.25, -0.2) is 0 Å². The summed E-state index contributed by atoms with van der Waals surface area (Å²) in [5.74, 6) is 0.157. The fraction of sp³-hybridized carbons (Fsp3) is 0.312. The van der Waals surface area contributed by atoms with E-state index < -0.39 is 0 Å². The fourth-order valence-electron chi connectivity index (χ4n) is 2.68. The quantitative estimate of drug-likeness (QED) is 0.808. The molecule has 98 valence electrons. The predicted molar refractivity (Wildman–Crippen MR) is 75.5 cm³/mol. The molecular weight excluding hydrogens is 236 g/mol. The molecule has 3 nitrogen and oxygen atoms in total. The first-order valence-corrected chi connectivity index (χ1v) is 6.80. The van der Waals surface area contributed by atoms with Gasteiger partial charge in [-0.1, -0.05) is 0 Å². The Labute approximate surface area is 113 Å². The van der Waals surface area contributed by atoms with Crippen LogP contribution in [0.1, 0.15) is 30.1 Å². The second-order valence-electron chi connectivity index (χ2n) is 5.13. The van der Waals surface area contributed by atoms with Gasteiger partial charge in [-0.15, -0.1) is 0 Å². The summed E-state index contributed by atoms with van der Waals surface area (Å²) in [4.78, 5) is 14.4. The van der Waals surface area contributed by atoms with E-state index in [1.165, 1.54) is 0 Å². The maximum absolute atomic E-state index is 12.4. The Bertz CT molecular complexity index is 557. The van der Waals surface area contributed by atoms with E-state index in [0.717, 1.165) is 30.6 Å². The third-order valence-corrected chi connectivity index (χ3v) is 3.83. The molecule has 1 aromatic carbocycles. The molecule has 19 heavy (non-hydrogen) atoms. The zero-order valence-corrected chi connectivity index (χ0v) is 11.1. The summed E-state index contributed by atoms with van der Waals surface area (Å²) >= 11 is 0. The van der Waals surface area contributed by atoms with Crippen LogP contribution in [-0.2, 0) is 0 Å². The second-order valence-corrected chi connectivity index (χ2v) is 5.13. The van der Waals surface area contributed by atoms with Crippen LogP contribution >= 0.6 is 0 Å². The van der Waals surface area contributed by atoms with Gasteiger partial charge in [0.05, 0.1) is 0 Å². The van der Waals surface area contributed by atoms with Gasteiger partial charge >= 0.3 is 0 Å². The van der Waals surface area contributed by atoms with Crippen molar-refractivity contribution in [2.45, 2.75) is 25.8 Å². The molecule has 2 heterocycles. The number of hydrogen-bond acceptors (Lipinski definition) is 1. The predicted octanol–water partition coefficient (Wildman–Crippen LogP) is 3.10. The molecular formula is C16H18N2O. The molecule has 1 aliphatic rings. The van der Waals surface area contributed by atoms with Crippen LogP contribution in [0, 0.1) is 0 Å². The summed E-state index contributed by atoms with van der Waals surface area (Å²) < 4.78 is 2.03. The highest BCUT2D eigenvalue weighted by Gasteiger charge is 2.25. The van der Waals surface area contributed by atoms with E-state index in [0.29, 0.717) is 6.04 Å². The van der Waals surface area contributed by atoms with Gasteiger partial charge in [0.15, 0.2) is 0 Å². The Kier molecular flexibility index (Phi) is 3.11.